The van der Waals surface area contributed by atoms with E-state index in [-0.39, 0.29) is 5.60 Å². The minimum absolute atomic E-state index is 0.382. The number of ether oxygens (including phenoxy) is 1. The van der Waals surface area contributed by atoms with Gasteiger partial charge >= 0.3 is 5.97 Å². The molecule has 26 heavy (non-hydrogen) atoms. The minimum Gasteiger partial charge on any atom is -0.481 e. The highest BCUT2D eigenvalue weighted by Gasteiger charge is 2.25. The molecule has 0 aliphatic rings. The van der Waals surface area contributed by atoms with Gasteiger partial charge in [0.15, 0.2) is 0 Å². The van der Waals surface area contributed by atoms with E-state index in [1.165, 1.54) is 11.1 Å². The molecule has 0 saturated heterocycles. The Morgan fingerprint density at radius 1 is 1.00 bits per heavy atom. The number of aryl methyl sites for hydroxylation is 2. The third-order valence-corrected chi connectivity index (χ3v) is 4.95. The number of aliphatic carboxylic acids is 1. The van der Waals surface area contributed by atoms with Crippen molar-refractivity contribution in [3.63, 3.8) is 0 Å². The first-order valence-corrected chi connectivity index (χ1v) is 9.59. The highest BCUT2D eigenvalue weighted by Crippen LogP contribution is 2.24. The zero-order chi connectivity index (χ0) is 19.6. The number of rotatable bonds is 13. The van der Waals surface area contributed by atoms with E-state index in [2.05, 4.69) is 24.3 Å². The van der Waals surface area contributed by atoms with Crippen LogP contribution in [0.2, 0.25) is 0 Å². The lowest BCUT2D eigenvalue weighted by Gasteiger charge is -2.22. The number of hydrogen-bond acceptors (Lipinski definition) is 3. The van der Waals surface area contributed by atoms with E-state index in [0.29, 0.717) is 12.9 Å². The van der Waals surface area contributed by atoms with Gasteiger partial charge in [0.05, 0.1) is 5.41 Å². The standard InChI is InChI=1S/C22H34O4/c1-21(2,20(24)25)14-7-5-10-18-12-9-13-19(16-18)11-6-8-15-22(3,4)26-17-23/h9,12-13,16-17H,5-8,10-11,14-15H2,1-4H3,(H,24,25). The monoisotopic (exact) mass is 362 g/mol. The van der Waals surface area contributed by atoms with Crippen molar-refractivity contribution in [3.8, 4) is 0 Å². The summed E-state index contributed by atoms with van der Waals surface area (Å²) in [7, 11) is 0. The molecule has 0 fully saturated rings. The van der Waals surface area contributed by atoms with Crippen molar-refractivity contribution in [1.82, 2.24) is 0 Å². The Morgan fingerprint density at radius 2 is 1.54 bits per heavy atom. The zero-order valence-corrected chi connectivity index (χ0v) is 16.7. The van der Waals surface area contributed by atoms with Crippen LogP contribution >= 0.6 is 0 Å². The van der Waals surface area contributed by atoms with E-state index >= 15 is 0 Å². The molecular weight excluding hydrogens is 328 g/mol. The molecule has 1 rings (SSSR count). The fraction of sp³-hybridized carbons (Fsp3) is 0.636. The van der Waals surface area contributed by atoms with Crippen LogP contribution in [-0.2, 0) is 27.2 Å². The van der Waals surface area contributed by atoms with Crippen LogP contribution in [0.3, 0.4) is 0 Å². The summed E-state index contributed by atoms with van der Waals surface area (Å²) in [6, 6.07) is 8.66. The van der Waals surface area contributed by atoms with E-state index in [1.54, 1.807) is 13.8 Å². The average molecular weight is 363 g/mol. The topological polar surface area (TPSA) is 63.6 Å². The molecule has 0 aliphatic carbocycles. The number of benzene rings is 1. The Bertz CT molecular complexity index is 575. The van der Waals surface area contributed by atoms with Gasteiger partial charge in [0.25, 0.3) is 6.47 Å². The normalized spacial score (nSPS) is 12.0. The molecular formula is C22H34O4. The molecule has 0 aliphatic heterocycles. The number of unbranched alkanes of at least 4 members (excludes halogenated alkanes) is 2. The summed E-state index contributed by atoms with van der Waals surface area (Å²) in [5.41, 5.74) is 1.64. The molecule has 0 atom stereocenters. The van der Waals surface area contributed by atoms with Gasteiger partial charge in [0.1, 0.15) is 5.60 Å². The smallest absolute Gasteiger partial charge is 0.309 e. The SMILES string of the molecule is CC(C)(CCCCc1cccc(CCCCC(C)(C)C(=O)O)c1)OC=O. The van der Waals surface area contributed by atoms with E-state index in [0.717, 1.165) is 44.9 Å². The van der Waals surface area contributed by atoms with E-state index in [4.69, 9.17) is 9.84 Å². The van der Waals surface area contributed by atoms with Gasteiger partial charge in [-0.05, 0) is 83.8 Å². The van der Waals surface area contributed by atoms with Crippen molar-refractivity contribution in [2.24, 2.45) is 5.41 Å². The summed E-state index contributed by atoms with van der Waals surface area (Å²) in [5.74, 6) is -0.721. The van der Waals surface area contributed by atoms with Gasteiger partial charge in [-0.3, -0.25) is 9.59 Å². The van der Waals surface area contributed by atoms with Gasteiger partial charge in [0.2, 0.25) is 0 Å². The van der Waals surface area contributed by atoms with Crippen molar-refractivity contribution in [2.45, 2.75) is 84.7 Å². The second kappa shape index (κ2) is 10.3. The van der Waals surface area contributed by atoms with Gasteiger partial charge in [-0.25, -0.2) is 0 Å². The number of hydrogen-bond donors (Lipinski definition) is 1. The molecule has 1 aromatic rings. The molecule has 4 nitrogen and oxygen atoms in total. The molecule has 0 unspecified atom stereocenters. The quantitative estimate of drug-likeness (QED) is 0.388. The van der Waals surface area contributed by atoms with Crippen molar-refractivity contribution in [3.05, 3.63) is 35.4 Å². The van der Waals surface area contributed by atoms with Crippen LogP contribution in [0.4, 0.5) is 0 Å². The molecule has 146 valence electrons. The number of carboxylic acid groups (broad SMARTS) is 1. The maximum atomic E-state index is 11.1. The van der Waals surface area contributed by atoms with Gasteiger partial charge < -0.3 is 9.84 Å². The first kappa shape index (κ1) is 22.2. The molecule has 0 bridgehead atoms. The van der Waals surface area contributed by atoms with Gasteiger partial charge in [0, 0.05) is 0 Å². The van der Waals surface area contributed by atoms with Crippen LogP contribution < -0.4 is 0 Å². The molecule has 0 aromatic heterocycles. The van der Waals surface area contributed by atoms with Crippen LogP contribution in [0.5, 0.6) is 0 Å². The third kappa shape index (κ3) is 8.50. The van der Waals surface area contributed by atoms with Crippen LogP contribution in [-0.4, -0.2) is 23.1 Å². The Balaban J connectivity index is 2.34. The lowest BCUT2D eigenvalue weighted by atomic mass is 9.87. The van der Waals surface area contributed by atoms with Crippen molar-refractivity contribution in [1.29, 1.82) is 0 Å². The zero-order valence-electron chi connectivity index (χ0n) is 16.7. The third-order valence-electron chi connectivity index (χ3n) is 4.95. The van der Waals surface area contributed by atoms with Crippen LogP contribution in [0.1, 0.15) is 77.3 Å². The summed E-state index contributed by atoms with van der Waals surface area (Å²) in [6.07, 6.45) is 7.62. The average Bonchev–Trinajstić information content (AvgIpc) is 2.56. The largest absolute Gasteiger partial charge is 0.481 e. The highest BCUT2D eigenvalue weighted by atomic mass is 16.5. The van der Waals surface area contributed by atoms with E-state index < -0.39 is 11.4 Å². The molecule has 0 amide bonds. The number of carbonyl (C=O) groups is 2. The Hall–Kier alpha value is -1.84. The molecule has 0 spiro atoms. The first-order chi connectivity index (χ1) is 12.2. The van der Waals surface area contributed by atoms with Crippen molar-refractivity contribution >= 4 is 12.4 Å². The summed E-state index contributed by atoms with van der Waals surface area (Å²) >= 11 is 0. The van der Waals surface area contributed by atoms with Gasteiger partial charge in [-0.1, -0.05) is 30.7 Å². The summed E-state index contributed by atoms with van der Waals surface area (Å²) in [4.78, 5) is 21.6. The maximum Gasteiger partial charge on any atom is 0.309 e. The van der Waals surface area contributed by atoms with Gasteiger partial charge in [-0.15, -0.1) is 0 Å². The molecule has 4 heteroatoms. The minimum atomic E-state index is -0.721. The van der Waals surface area contributed by atoms with E-state index in [1.807, 2.05) is 13.8 Å². The molecule has 0 radical (unpaired) electrons. The molecule has 0 saturated carbocycles. The Kier molecular flexibility index (Phi) is 8.83. The first-order valence-electron chi connectivity index (χ1n) is 9.59. The highest BCUT2D eigenvalue weighted by molar-refractivity contribution is 5.73. The predicted octanol–water partition coefficient (Wildman–Crippen LogP) is 5.17. The maximum absolute atomic E-state index is 11.1. The summed E-state index contributed by atoms with van der Waals surface area (Å²) in [5, 5.41) is 9.15. The predicted molar refractivity (Wildman–Crippen MR) is 104 cm³/mol. The second-order valence-electron chi connectivity index (χ2n) is 8.40. The van der Waals surface area contributed by atoms with Crippen LogP contribution in [0.15, 0.2) is 24.3 Å². The van der Waals surface area contributed by atoms with Crippen molar-refractivity contribution in [2.75, 3.05) is 0 Å². The number of carbonyl (C=O) groups excluding carboxylic acids is 1. The second-order valence-corrected chi connectivity index (χ2v) is 8.40. The number of carboxylic acids is 1. The fourth-order valence-corrected chi connectivity index (χ4v) is 3.01. The van der Waals surface area contributed by atoms with Crippen molar-refractivity contribution < 1.29 is 19.4 Å². The summed E-state index contributed by atoms with van der Waals surface area (Å²) < 4.78 is 5.08. The summed E-state index contributed by atoms with van der Waals surface area (Å²) in [6.45, 7) is 7.98. The lowest BCUT2D eigenvalue weighted by Crippen LogP contribution is -2.23. The lowest BCUT2D eigenvalue weighted by molar-refractivity contribution is -0.147. The molecule has 0 heterocycles. The van der Waals surface area contributed by atoms with Gasteiger partial charge in [-0.2, -0.15) is 0 Å². The molecule has 1 aromatic carbocycles. The van der Waals surface area contributed by atoms with Crippen LogP contribution in [0, 0.1) is 5.41 Å². The fourth-order valence-electron chi connectivity index (χ4n) is 3.01. The Labute approximate surface area is 158 Å². The Morgan fingerprint density at radius 3 is 2.04 bits per heavy atom. The van der Waals surface area contributed by atoms with Crippen LogP contribution in [0.25, 0.3) is 0 Å². The molecule has 1 N–H and O–H groups in total. The van der Waals surface area contributed by atoms with E-state index in [9.17, 15) is 9.59 Å².